The van der Waals surface area contributed by atoms with Crippen LogP contribution in [0.1, 0.15) is 31.1 Å². The Hall–Kier alpha value is -3.03. The third-order valence-corrected chi connectivity index (χ3v) is 3.02. The molecule has 0 fully saturated rings. The third kappa shape index (κ3) is 4.25. The lowest BCUT2D eigenvalue weighted by atomic mass is 10.1. The fourth-order valence-electron chi connectivity index (χ4n) is 1.97. The van der Waals surface area contributed by atoms with Gasteiger partial charge in [-0.2, -0.15) is 0 Å². The van der Waals surface area contributed by atoms with E-state index in [9.17, 15) is 4.79 Å². The summed E-state index contributed by atoms with van der Waals surface area (Å²) in [5.74, 6) is 0.907. The number of rotatable bonds is 5. The minimum atomic E-state index is -0.365. The van der Waals surface area contributed by atoms with Gasteiger partial charge in [-0.05, 0) is 32.9 Å². The van der Waals surface area contributed by atoms with Gasteiger partial charge in [-0.3, -0.25) is 15.6 Å². The summed E-state index contributed by atoms with van der Waals surface area (Å²) in [4.78, 5) is 20.4. The number of methoxy groups -OCH3 is 1. The maximum Gasteiger partial charge on any atom is 0.273 e. The van der Waals surface area contributed by atoms with Crippen molar-refractivity contribution in [2.75, 3.05) is 23.6 Å². The first-order valence-corrected chi connectivity index (χ1v) is 7.40. The molecule has 0 aliphatic rings. The predicted octanol–water partition coefficient (Wildman–Crippen LogP) is 2.03. The third-order valence-electron chi connectivity index (χ3n) is 3.02. The van der Waals surface area contributed by atoms with E-state index >= 15 is 0 Å². The molecule has 1 heterocycles. The first-order valence-electron chi connectivity index (χ1n) is 7.40. The lowest BCUT2D eigenvalue weighted by molar-refractivity contribution is 0.0959. The van der Waals surface area contributed by atoms with Crippen LogP contribution in [0.3, 0.4) is 0 Å². The normalized spacial score (nSPS) is 10.8. The number of para-hydroxylation sites is 1. The summed E-state index contributed by atoms with van der Waals surface area (Å²) in [6, 6.07) is 6.91. The number of benzene rings is 1. The van der Waals surface area contributed by atoms with Crippen LogP contribution in [0, 0.1) is 0 Å². The lowest BCUT2D eigenvalue weighted by Gasteiger charge is -2.22. The molecule has 0 saturated carbocycles. The molecule has 5 N–H and O–H groups in total. The Bertz CT molecular complexity index is 727. The number of nitrogens with one attached hydrogen (secondary N) is 3. The number of carbonyl (C=O) groups is 1. The minimum absolute atomic E-state index is 0.208. The summed E-state index contributed by atoms with van der Waals surface area (Å²) < 4.78 is 5.17. The number of hydrazine groups is 1. The number of amides is 1. The molecule has 1 aromatic carbocycles. The first kappa shape index (κ1) is 17.3. The summed E-state index contributed by atoms with van der Waals surface area (Å²) in [5.41, 5.74) is 11.8. The Morgan fingerprint density at radius 3 is 2.50 bits per heavy atom. The largest absolute Gasteiger partial charge is 0.496 e. The van der Waals surface area contributed by atoms with Gasteiger partial charge in [0, 0.05) is 5.54 Å². The molecule has 0 aliphatic heterocycles. The highest BCUT2D eigenvalue weighted by molar-refractivity contribution is 5.97. The van der Waals surface area contributed by atoms with Crippen LogP contribution in [0.15, 0.2) is 30.6 Å². The highest BCUT2D eigenvalue weighted by atomic mass is 16.5. The molecule has 0 saturated heterocycles. The smallest absolute Gasteiger partial charge is 0.273 e. The second-order valence-electron chi connectivity index (χ2n) is 6.14. The van der Waals surface area contributed by atoms with Crippen molar-refractivity contribution in [3.8, 4) is 5.75 Å². The second-order valence-corrected chi connectivity index (χ2v) is 6.14. The van der Waals surface area contributed by atoms with Crippen LogP contribution in [0.4, 0.5) is 17.3 Å². The van der Waals surface area contributed by atoms with Crippen molar-refractivity contribution in [1.82, 2.24) is 15.4 Å². The Morgan fingerprint density at radius 2 is 1.83 bits per heavy atom. The molecule has 2 aromatic rings. The zero-order chi connectivity index (χ0) is 17.7. The molecule has 1 aromatic heterocycles. The van der Waals surface area contributed by atoms with E-state index < -0.39 is 0 Å². The van der Waals surface area contributed by atoms with Crippen LogP contribution in [0.25, 0.3) is 0 Å². The molecular formula is C16H22N6O2. The monoisotopic (exact) mass is 330 g/mol. The van der Waals surface area contributed by atoms with Crippen LogP contribution in [0.5, 0.6) is 5.75 Å². The molecule has 128 valence electrons. The summed E-state index contributed by atoms with van der Waals surface area (Å²) in [6.45, 7) is 5.97. The Morgan fingerprint density at radius 1 is 1.17 bits per heavy atom. The number of nitrogens with two attached hydrogens (primary N) is 1. The molecule has 0 spiro atoms. The molecule has 2 rings (SSSR count). The van der Waals surface area contributed by atoms with E-state index in [1.165, 1.54) is 13.4 Å². The van der Waals surface area contributed by atoms with E-state index in [0.717, 1.165) is 0 Å². The van der Waals surface area contributed by atoms with Crippen molar-refractivity contribution in [1.29, 1.82) is 0 Å². The lowest BCUT2D eigenvalue weighted by Crippen LogP contribution is -2.31. The highest BCUT2D eigenvalue weighted by Crippen LogP contribution is 2.24. The predicted molar refractivity (Wildman–Crippen MR) is 93.9 cm³/mol. The number of aromatic nitrogens is 2. The van der Waals surface area contributed by atoms with Crippen LogP contribution in [-0.4, -0.2) is 28.5 Å². The van der Waals surface area contributed by atoms with Crippen molar-refractivity contribution in [2.45, 2.75) is 26.3 Å². The van der Waals surface area contributed by atoms with E-state index in [0.29, 0.717) is 28.6 Å². The molecule has 0 unspecified atom stereocenters. The molecule has 0 bridgehead atoms. The summed E-state index contributed by atoms with van der Waals surface area (Å²) >= 11 is 0. The number of hydrogen-bond acceptors (Lipinski definition) is 7. The zero-order valence-electron chi connectivity index (χ0n) is 14.2. The maximum atomic E-state index is 12.3. The summed E-state index contributed by atoms with van der Waals surface area (Å²) in [7, 11) is 1.51. The van der Waals surface area contributed by atoms with Gasteiger partial charge in [0.25, 0.3) is 5.91 Å². The van der Waals surface area contributed by atoms with E-state index in [1.807, 2.05) is 20.8 Å². The molecule has 0 aliphatic carbocycles. The second kappa shape index (κ2) is 7.03. The van der Waals surface area contributed by atoms with Crippen LogP contribution < -0.4 is 26.6 Å². The van der Waals surface area contributed by atoms with Crippen molar-refractivity contribution < 1.29 is 9.53 Å². The minimum Gasteiger partial charge on any atom is -0.496 e. The average molecular weight is 330 g/mol. The number of nitrogen functional groups attached to an aromatic ring is 1. The van der Waals surface area contributed by atoms with Gasteiger partial charge in [-0.15, -0.1) is 0 Å². The number of hydrogen-bond donors (Lipinski definition) is 4. The maximum absolute atomic E-state index is 12.3. The highest BCUT2D eigenvalue weighted by Gasteiger charge is 2.16. The van der Waals surface area contributed by atoms with Crippen molar-refractivity contribution in [3.63, 3.8) is 0 Å². The quantitative estimate of drug-likeness (QED) is 0.620. The Balaban J connectivity index is 2.12. The molecule has 0 radical (unpaired) electrons. The van der Waals surface area contributed by atoms with Crippen LogP contribution in [0.2, 0.25) is 0 Å². The number of ether oxygens (including phenoxy) is 1. The van der Waals surface area contributed by atoms with E-state index in [2.05, 4.69) is 26.1 Å². The Kier molecular flexibility index (Phi) is 5.08. The van der Waals surface area contributed by atoms with Gasteiger partial charge in [0.15, 0.2) is 11.6 Å². The van der Waals surface area contributed by atoms with Gasteiger partial charge in [-0.1, -0.05) is 12.1 Å². The number of nitrogens with zero attached hydrogens (tertiary/aromatic N) is 2. The molecule has 0 atom stereocenters. The first-order chi connectivity index (χ1) is 11.3. The summed E-state index contributed by atoms with van der Waals surface area (Å²) in [5, 5.41) is 3.18. The van der Waals surface area contributed by atoms with E-state index in [4.69, 9.17) is 10.5 Å². The molecule has 8 heteroatoms. The van der Waals surface area contributed by atoms with Crippen LogP contribution in [-0.2, 0) is 0 Å². The SMILES string of the molecule is COc1ccccc1C(=O)NNc1ncnc(NC(C)(C)C)c1N. The molecule has 8 nitrogen and oxygen atoms in total. The fourth-order valence-corrected chi connectivity index (χ4v) is 1.97. The van der Waals surface area contributed by atoms with Gasteiger partial charge in [0.05, 0.1) is 12.7 Å². The molecule has 1 amide bonds. The van der Waals surface area contributed by atoms with Gasteiger partial charge in [0.1, 0.15) is 17.8 Å². The standard InChI is InChI=1S/C16H22N6O2/c1-16(2,3)20-13-12(17)14(19-9-18-13)21-22-15(23)10-7-5-6-8-11(10)24-4/h5-9H,17H2,1-4H3,(H,22,23)(H2,18,19,20,21). The van der Waals surface area contributed by atoms with Gasteiger partial charge in [-0.25, -0.2) is 9.97 Å². The van der Waals surface area contributed by atoms with Crippen molar-refractivity contribution in [3.05, 3.63) is 36.2 Å². The molecule has 24 heavy (non-hydrogen) atoms. The van der Waals surface area contributed by atoms with Crippen molar-refractivity contribution in [2.24, 2.45) is 0 Å². The van der Waals surface area contributed by atoms with Gasteiger partial charge < -0.3 is 15.8 Å². The number of anilines is 3. The molecular weight excluding hydrogens is 308 g/mol. The topological polar surface area (TPSA) is 114 Å². The van der Waals surface area contributed by atoms with Gasteiger partial charge in [0.2, 0.25) is 0 Å². The van der Waals surface area contributed by atoms with Crippen LogP contribution >= 0.6 is 0 Å². The van der Waals surface area contributed by atoms with E-state index in [1.54, 1.807) is 24.3 Å². The van der Waals surface area contributed by atoms with Gasteiger partial charge >= 0.3 is 0 Å². The van der Waals surface area contributed by atoms with E-state index in [-0.39, 0.29) is 11.4 Å². The van der Waals surface area contributed by atoms with Crippen molar-refractivity contribution >= 4 is 23.2 Å². The number of carbonyl (C=O) groups excluding carboxylic acids is 1. The average Bonchev–Trinajstić information content (AvgIpc) is 2.54. The Labute approximate surface area is 140 Å². The summed E-state index contributed by atoms with van der Waals surface area (Å²) in [6.07, 6.45) is 1.36. The zero-order valence-corrected chi connectivity index (χ0v) is 14.2. The fraction of sp³-hybridized carbons (Fsp3) is 0.312.